The van der Waals surface area contributed by atoms with E-state index in [4.69, 9.17) is 9.84 Å². The third kappa shape index (κ3) is 2.53. The molecule has 0 spiro atoms. The van der Waals surface area contributed by atoms with Crippen molar-refractivity contribution in [2.45, 2.75) is 4.90 Å². The summed E-state index contributed by atoms with van der Waals surface area (Å²) in [6.45, 7) is 0. The van der Waals surface area contributed by atoms with Crippen LogP contribution in [0.2, 0.25) is 0 Å². The fourth-order valence-corrected chi connectivity index (χ4v) is 2.57. The summed E-state index contributed by atoms with van der Waals surface area (Å²) in [7, 11) is 1.59. The SMILES string of the molecule is COc1ccc2ccccc2c1SCC(=O)O. The molecular weight excluding hydrogens is 236 g/mol. The van der Waals surface area contributed by atoms with Gasteiger partial charge < -0.3 is 9.84 Å². The molecule has 0 heterocycles. The molecule has 0 amide bonds. The molecular formula is C13H12O3S. The van der Waals surface area contributed by atoms with E-state index in [1.165, 1.54) is 11.8 Å². The molecule has 2 rings (SSSR count). The molecule has 0 aliphatic rings. The Morgan fingerprint density at radius 2 is 2.06 bits per heavy atom. The number of rotatable bonds is 4. The predicted octanol–water partition coefficient (Wildman–Crippen LogP) is 3.03. The topological polar surface area (TPSA) is 46.5 Å². The van der Waals surface area contributed by atoms with Gasteiger partial charge in [0.2, 0.25) is 0 Å². The van der Waals surface area contributed by atoms with Crippen molar-refractivity contribution in [3.63, 3.8) is 0 Å². The lowest BCUT2D eigenvalue weighted by Gasteiger charge is -2.10. The van der Waals surface area contributed by atoms with Crippen molar-refractivity contribution in [2.24, 2.45) is 0 Å². The highest BCUT2D eigenvalue weighted by atomic mass is 32.2. The summed E-state index contributed by atoms with van der Waals surface area (Å²) in [6, 6.07) is 11.7. The maximum atomic E-state index is 10.6. The molecule has 0 atom stereocenters. The molecule has 17 heavy (non-hydrogen) atoms. The van der Waals surface area contributed by atoms with Crippen LogP contribution in [0.3, 0.4) is 0 Å². The van der Waals surface area contributed by atoms with Gasteiger partial charge in [0, 0.05) is 0 Å². The summed E-state index contributed by atoms with van der Waals surface area (Å²) in [6.07, 6.45) is 0. The summed E-state index contributed by atoms with van der Waals surface area (Å²) in [5.41, 5.74) is 0. The average Bonchev–Trinajstić information content (AvgIpc) is 2.35. The van der Waals surface area contributed by atoms with Crippen LogP contribution < -0.4 is 4.74 Å². The first kappa shape index (κ1) is 11.8. The highest BCUT2D eigenvalue weighted by Crippen LogP contribution is 2.36. The zero-order valence-electron chi connectivity index (χ0n) is 9.34. The van der Waals surface area contributed by atoms with Gasteiger partial charge in [-0.3, -0.25) is 4.79 Å². The first-order valence-corrected chi connectivity index (χ1v) is 6.11. The highest BCUT2D eigenvalue weighted by molar-refractivity contribution is 8.00. The van der Waals surface area contributed by atoms with Gasteiger partial charge in [0.1, 0.15) is 5.75 Å². The van der Waals surface area contributed by atoms with Gasteiger partial charge in [0.05, 0.1) is 17.8 Å². The van der Waals surface area contributed by atoms with Crippen LogP contribution in [-0.4, -0.2) is 23.9 Å². The molecule has 3 nitrogen and oxygen atoms in total. The molecule has 2 aromatic rings. The predicted molar refractivity (Wildman–Crippen MR) is 68.9 cm³/mol. The molecule has 0 bridgehead atoms. The van der Waals surface area contributed by atoms with Crippen LogP contribution in [0.4, 0.5) is 0 Å². The lowest BCUT2D eigenvalue weighted by atomic mass is 10.1. The van der Waals surface area contributed by atoms with Gasteiger partial charge in [-0.25, -0.2) is 0 Å². The van der Waals surface area contributed by atoms with Crippen LogP contribution >= 0.6 is 11.8 Å². The number of methoxy groups -OCH3 is 1. The van der Waals surface area contributed by atoms with Crippen molar-refractivity contribution in [1.29, 1.82) is 0 Å². The van der Waals surface area contributed by atoms with Crippen LogP contribution in [-0.2, 0) is 4.79 Å². The van der Waals surface area contributed by atoms with Gasteiger partial charge in [0.25, 0.3) is 0 Å². The largest absolute Gasteiger partial charge is 0.496 e. The molecule has 1 N–H and O–H groups in total. The maximum Gasteiger partial charge on any atom is 0.313 e. The Balaban J connectivity index is 2.50. The highest BCUT2D eigenvalue weighted by Gasteiger charge is 2.10. The first-order valence-electron chi connectivity index (χ1n) is 5.12. The Labute approximate surface area is 103 Å². The van der Waals surface area contributed by atoms with E-state index in [2.05, 4.69) is 0 Å². The van der Waals surface area contributed by atoms with E-state index in [1.54, 1.807) is 7.11 Å². The molecule has 0 aliphatic carbocycles. The van der Waals surface area contributed by atoms with Crippen molar-refractivity contribution in [2.75, 3.05) is 12.9 Å². The van der Waals surface area contributed by atoms with E-state index in [1.807, 2.05) is 36.4 Å². The van der Waals surface area contributed by atoms with Crippen molar-refractivity contribution in [1.82, 2.24) is 0 Å². The molecule has 2 aromatic carbocycles. The van der Waals surface area contributed by atoms with Gasteiger partial charge in [-0.15, -0.1) is 11.8 Å². The monoisotopic (exact) mass is 248 g/mol. The van der Waals surface area contributed by atoms with Gasteiger partial charge in [-0.2, -0.15) is 0 Å². The van der Waals surface area contributed by atoms with Crippen LogP contribution in [0.5, 0.6) is 5.75 Å². The number of carboxylic acid groups (broad SMARTS) is 1. The van der Waals surface area contributed by atoms with Gasteiger partial charge >= 0.3 is 5.97 Å². The number of benzene rings is 2. The van der Waals surface area contributed by atoms with Crippen molar-refractivity contribution >= 4 is 28.5 Å². The molecule has 0 aromatic heterocycles. The van der Waals surface area contributed by atoms with E-state index in [-0.39, 0.29) is 5.75 Å². The quantitative estimate of drug-likeness (QED) is 0.845. The Morgan fingerprint density at radius 3 is 2.76 bits per heavy atom. The summed E-state index contributed by atoms with van der Waals surface area (Å²) in [5, 5.41) is 10.9. The maximum absolute atomic E-state index is 10.6. The number of thioether (sulfide) groups is 1. The zero-order chi connectivity index (χ0) is 12.3. The summed E-state index contributed by atoms with van der Waals surface area (Å²) >= 11 is 1.28. The minimum atomic E-state index is -0.829. The fraction of sp³-hybridized carbons (Fsp3) is 0.154. The summed E-state index contributed by atoms with van der Waals surface area (Å²) in [4.78, 5) is 11.5. The number of carbonyl (C=O) groups is 1. The second-order valence-electron chi connectivity index (χ2n) is 3.50. The lowest BCUT2D eigenvalue weighted by molar-refractivity contribution is -0.133. The number of fused-ring (bicyclic) bond motifs is 1. The lowest BCUT2D eigenvalue weighted by Crippen LogP contribution is -1.98. The minimum absolute atomic E-state index is 0.0321. The molecule has 0 aliphatic heterocycles. The summed E-state index contributed by atoms with van der Waals surface area (Å²) in [5.74, 6) is -0.0791. The number of carboxylic acids is 1. The van der Waals surface area contributed by atoms with E-state index in [0.29, 0.717) is 0 Å². The summed E-state index contributed by atoms with van der Waals surface area (Å²) < 4.78 is 5.27. The van der Waals surface area contributed by atoms with E-state index in [0.717, 1.165) is 21.4 Å². The second-order valence-corrected chi connectivity index (χ2v) is 4.49. The Morgan fingerprint density at radius 1 is 1.29 bits per heavy atom. The Kier molecular flexibility index (Phi) is 3.54. The van der Waals surface area contributed by atoms with Crippen LogP contribution in [0.25, 0.3) is 10.8 Å². The Hall–Kier alpha value is -1.68. The third-order valence-electron chi connectivity index (χ3n) is 2.40. The van der Waals surface area contributed by atoms with E-state index in [9.17, 15) is 4.79 Å². The molecule has 88 valence electrons. The van der Waals surface area contributed by atoms with Crippen molar-refractivity contribution in [3.05, 3.63) is 36.4 Å². The van der Waals surface area contributed by atoms with Crippen LogP contribution in [0.15, 0.2) is 41.3 Å². The number of hydrogen-bond acceptors (Lipinski definition) is 3. The first-order chi connectivity index (χ1) is 8.22. The third-order valence-corrected chi connectivity index (χ3v) is 3.50. The normalized spacial score (nSPS) is 10.4. The second kappa shape index (κ2) is 5.10. The molecule has 4 heteroatoms. The van der Waals surface area contributed by atoms with E-state index < -0.39 is 5.97 Å². The zero-order valence-corrected chi connectivity index (χ0v) is 10.2. The molecule has 0 saturated heterocycles. The van der Waals surface area contributed by atoms with Crippen LogP contribution in [0.1, 0.15) is 0 Å². The number of ether oxygens (including phenoxy) is 1. The van der Waals surface area contributed by atoms with Crippen molar-refractivity contribution in [3.8, 4) is 5.75 Å². The number of hydrogen-bond donors (Lipinski definition) is 1. The Bertz CT molecular complexity index is 551. The van der Waals surface area contributed by atoms with Crippen LogP contribution in [0, 0.1) is 0 Å². The number of aliphatic carboxylic acids is 1. The van der Waals surface area contributed by atoms with Crippen molar-refractivity contribution < 1.29 is 14.6 Å². The molecule has 0 unspecified atom stereocenters. The minimum Gasteiger partial charge on any atom is -0.496 e. The molecule has 0 fully saturated rings. The smallest absolute Gasteiger partial charge is 0.313 e. The molecule has 0 radical (unpaired) electrons. The standard InChI is InChI=1S/C13H12O3S/c1-16-11-7-6-9-4-2-3-5-10(9)13(11)17-8-12(14)15/h2-7H,8H2,1H3,(H,14,15). The van der Waals surface area contributed by atoms with Gasteiger partial charge in [-0.1, -0.05) is 30.3 Å². The van der Waals surface area contributed by atoms with Gasteiger partial charge in [0.15, 0.2) is 0 Å². The molecule has 0 saturated carbocycles. The van der Waals surface area contributed by atoms with E-state index >= 15 is 0 Å². The average molecular weight is 248 g/mol. The van der Waals surface area contributed by atoms with Gasteiger partial charge in [-0.05, 0) is 16.8 Å². The fourth-order valence-electron chi connectivity index (χ4n) is 1.67.